The average molecular weight is 858 g/mol. The fourth-order valence-corrected chi connectivity index (χ4v) is 14.2. The van der Waals surface area contributed by atoms with Gasteiger partial charge in [-0.15, -0.1) is 0 Å². The van der Waals surface area contributed by atoms with Crippen LogP contribution < -0.4 is 20.7 Å². The molecule has 7 rings (SSSR count). The van der Waals surface area contributed by atoms with Crippen LogP contribution in [0.1, 0.15) is 158 Å². The maximum atomic E-state index is 15.3. The van der Waals surface area contributed by atoms with E-state index in [1.165, 1.54) is 4.31 Å². The molecule has 0 radical (unpaired) electrons. The number of hydrogen-bond donors (Lipinski definition) is 4. The number of nitrogens with zero attached hydrogens (tertiary/aromatic N) is 3. The van der Waals surface area contributed by atoms with Crippen LogP contribution in [0.4, 0.5) is 0 Å². The summed E-state index contributed by atoms with van der Waals surface area (Å²) in [5, 5.41) is 9.43. The molecule has 4 saturated carbocycles. The fourth-order valence-electron chi connectivity index (χ4n) is 12.9. The van der Waals surface area contributed by atoms with Gasteiger partial charge in [-0.25, -0.2) is 4.72 Å². The minimum absolute atomic E-state index is 0.00219. The number of rotatable bonds is 13. The van der Waals surface area contributed by atoms with Gasteiger partial charge < -0.3 is 20.9 Å². The van der Waals surface area contributed by atoms with Gasteiger partial charge in [0.25, 0.3) is 5.91 Å². The van der Waals surface area contributed by atoms with Crippen molar-refractivity contribution in [1.29, 1.82) is 0 Å². The number of hydrogen-bond acceptors (Lipinski definition) is 8. The predicted molar refractivity (Wildman–Crippen MR) is 229 cm³/mol. The first kappa shape index (κ1) is 45.3. The largest absolute Gasteiger partial charge is 0.343 e. The van der Waals surface area contributed by atoms with Gasteiger partial charge in [-0.2, -0.15) is 12.7 Å². The lowest BCUT2D eigenvalue weighted by molar-refractivity contribution is -0.145. The van der Waals surface area contributed by atoms with Crippen molar-refractivity contribution in [2.45, 2.75) is 194 Å². The molecular weight excluding hydrogens is 783 g/mol. The summed E-state index contributed by atoms with van der Waals surface area (Å²) in [6, 6.07) is -2.85. The van der Waals surface area contributed by atoms with E-state index in [4.69, 9.17) is 0 Å². The van der Waals surface area contributed by atoms with Crippen LogP contribution in [0.15, 0.2) is 0 Å². The second-order valence-electron chi connectivity index (χ2n) is 21.7. The fraction of sp³-hybridized carbons (Fsp3) is 0.889. The summed E-state index contributed by atoms with van der Waals surface area (Å²) in [5.74, 6) is -2.36. The molecule has 3 aliphatic heterocycles. The molecule has 0 aromatic rings. The molecule has 4 N–H and O–H groups in total. The smallest absolute Gasteiger partial charge is 0.303 e. The summed E-state index contributed by atoms with van der Waals surface area (Å²) in [7, 11) is -4.07. The number of nitrogens with one attached hydrogen (secondary N) is 4. The lowest BCUT2D eigenvalue weighted by Gasteiger charge is -2.40. The third-order valence-electron chi connectivity index (χ3n) is 17.0. The highest BCUT2D eigenvalue weighted by Gasteiger charge is 2.85. The number of likely N-dealkylation sites (tertiary alicyclic amines) is 2. The van der Waals surface area contributed by atoms with Gasteiger partial charge in [-0.3, -0.25) is 28.9 Å². The van der Waals surface area contributed by atoms with Crippen molar-refractivity contribution in [2.75, 3.05) is 26.2 Å². The summed E-state index contributed by atoms with van der Waals surface area (Å²) >= 11 is 0. The number of carbonyl (C=O) groups is 5. The molecule has 338 valence electrons. The summed E-state index contributed by atoms with van der Waals surface area (Å²) in [5.41, 5.74) is -2.60. The van der Waals surface area contributed by atoms with E-state index in [9.17, 15) is 27.6 Å². The van der Waals surface area contributed by atoms with E-state index in [0.717, 1.165) is 90.0 Å². The summed E-state index contributed by atoms with van der Waals surface area (Å²) in [4.78, 5) is 76.8. The molecule has 7 aliphatic rings. The van der Waals surface area contributed by atoms with Gasteiger partial charge in [0.15, 0.2) is 0 Å². The Labute approximate surface area is 359 Å². The number of amides is 5. The molecular formula is C45H75N7O7S. The average Bonchev–Trinajstić information content (AvgIpc) is 3.63. The van der Waals surface area contributed by atoms with Gasteiger partial charge in [-0.1, -0.05) is 80.1 Å². The third kappa shape index (κ3) is 7.70. The van der Waals surface area contributed by atoms with Gasteiger partial charge in [-0.05, 0) is 113 Å². The Morgan fingerprint density at radius 2 is 1.40 bits per heavy atom. The van der Waals surface area contributed by atoms with E-state index in [1.54, 1.807) is 4.90 Å². The molecule has 14 nitrogen and oxygen atoms in total. The topological polar surface area (TPSA) is 177 Å². The van der Waals surface area contributed by atoms with E-state index in [-0.39, 0.29) is 57.9 Å². The van der Waals surface area contributed by atoms with Crippen molar-refractivity contribution in [1.82, 2.24) is 34.8 Å². The molecule has 4 aliphatic carbocycles. The molecule has 7 atom stereocenters. The van der Waals surface area contributed by atoms with Crippen molar-refractivity contribution in [3.8, 4) is 0 Å². The van der Waals surface area contributed by atoms with Crippen LogP contribution in [0.2, 0.25) is 0 Å². The molecule has 15 heteroatoms. The second kappa shape index (κ2) is 16.4. The van der Waals surface area contributed by atoms with Crippen LogP contribution >= 0.6 is 0 Å². The van der Waals surface area contributed by atoms with E-state index < -0.39 is 51.1 Å². The van der Waals surface area contributed by atoms with E-state index >= 15 is 4.79 Å². The van der Waals surface area contributed by atoms with Crippen LogP contribution in [-0.4, -0.2) is 114 Å². The molecule has 0 aromatic carbocycles. The first-order valence-electron chi connectivity index (χ1n) is 23.5. The normalized spacial score (nSPS) is 32.6. The highest BCUT2D eigenvalue weighted by molar-refractivity contribution is 7.87. The van der Waals surface area contributed by atoms with Crippen LogP contribution in [0.3, 0.4) is 0 Å². The lowest BCUT2D eigenvalue weighted by atomic mass is 9.73. The van der Waals surface area contributed by atoms with Crippen molar-refractivity contribution < 1.29 is 32.4 Å². The van der Waals surface area contributed by atoms with E-state index in [1.807, 2.05) is 27.7 Å². The highest BCUT2D eigenvalue weighted by Crippen LogP contribution is 2.88. The standard InChI is InChI=1S/C45H75N7O7S/c1-9-31-26-45(31,40(57)49-60(58,59)50-23-15-16-24-50)48-37(54)33-27-44(42(7,8)43(44)21-17-22-43)28-52(33)39(56)35(41(4,5)6)47-38(55)34(30-18-11-10-12-19-30)46-36(53)32-20-13-14-25-51(32)29(2)3/h29-35H,9-28H2,1-8H3,(H,46,53)(H,47,55)(H,48,54)(H,49,57). The Hall–Kier alpha value is -2.78. The maximum Gasteiger partial charge on any atom is 0.303 e. The molecule has 60 heavy (non-hydrogen) atoms. The van der Waals surface area contributed by atoms with Crippen LogP contribution in [0.25, 0.3) is 0 Å². The Morgan fingerprint density at radius 1 is 0.767 bits per heavy atom. The molecule has 0 bridgehead atoms. The molecule has 7 unspecified atom stereocenters. The lowest BCUT2D eigenvalue weighted by Crippen LogP contribution is -2.63. The van der Waals surface area contributed by atoms with Crippen molar-refractivity contribution >= 4 is 39.7 Å². The number of carbonyl (C=O) groups excluding carboxylic acids is 5. The van der Waals surface area contributed by atoms with Gasteiger partial charge in [0.2, 0.25) is 23.6 Å². The van der Waals surface area contributed by atoms with Crippen molar-refractivity contribution in [2.24, 2.45) is 33.5 Å². The molecule has 2 spiro atoms. The maximum absolute atomic E-state index is 15.3. The zero-order valence-corrected chi connectivity index (χ0v) is 38.6. The quantitative estimate of drug-likeness (QED) is 0.211. The molecule has 3 heterocycles. The number of piperidine rings is 1. The Bertz CT molecular complexity index is 1800. The number of fused-ring (bicyclic) bond motifs is 1. The highest BCUT2D eigenvalue weighted by atomic mass is 32.2. The molecule has 3 saturated heterocycles. The zero-order chi connectivity index (χ0) is 43.6. The van der Waals surface area contributed by atoms with Gasteiger partial charge >= 0.3 is 10.2 Å². The summed E-state index contributed by atoms with van der Waals surface area (Å²) in [6.45, 7) is 18.2. The first-order valence-corrected chi connectivity index (χ1v) is 24.9. The Morgan fingerprint density at radius 3 is 1.95 bits per heavy atom. The van der Waals surface area contributed by atoms with E-state index in [0.29, 0.717) is 38.9 Å². The summed E-state index contributed by atoms with van der Waals surface area (Å²) in [6.07, 6.45) is 13.3. The second-order valence-corrected chi connectivity index (χ2v) is 23.3. The van der Waals surface area contributed by atoms with Gasteiger partial charge in [0.05, 0.1) is 6.04 Å². The minimum Gasteiger partial charge on any atom is -0.343 e. The molecule has 7 fully saturated rings. The Balaban J connectivity index is 1.15. The monoisotopic (exact) mass is 858 g/mol. The van der Waals surface area contributed by atoms with Crippen molar-refractivity contribution in [3.05, 3.63) is 0 Å². The Kier molecular flexibility index (Phi) is 12.4. The molecule has 0 aromatic heterocycles. The summed E-state index contributed by atoms with van der Waals surface area (Å²) < 4.78 is 30.0. The van der Waals surface area contributed by atoms with Crippen molar-refractivity contribution in [3.63, 3.8) is 0 Å². The minimum atomic E-state index is -4.07. The van der Waals surface area contributed by atoms with Crippen LogP contribution in [0.5, 0.6) is 0 Å². The third-order valence-corrected chi connectivity index (χ3v) is 18.5. The van der Waals surface area contributed by atoms with Gasteiger partial charge in [0.1, 0.15) is 23.7 Å². The zero-order valence-electron chi connectivity index (χ0n) is 37.8. The first-order chi connectivity index (χ1) is 28.2. The van der Waals surface area contributed by atoms with Crippen LogP contribution in [-0.2, 0) is 34.2 Å². The van der Waals surface area contributed by atoms with E-state index in [2.05, 4.69) is 53.3 Å². The predicted octanol–water partition coefficient (Wildman–Crippen LogP) is 4.38. The van der Waals surface area contributed by atoms with Crippen LogP contribution in [0, 0.1) is 33.5 Å². The molecule has 5 amide bonds. The van der Waals surface area contributed by atoms with Gasteiger partial charge in [0, 0.05) is 31.1 Å². The SMILES string of the molecule is CCC1CC1(NC(=O)C1CC2(CN1C(=O)C(NC(=O)C(NC(=O)C1CCCCN1C(C)C)C1CCCCC1)C(C)(C)C)C(C)(C)C21CCC1)C(=O)NS(=O)(=O)N1CCCC1.